The van der Waals surface area contributed by atoms with E-state index in [1.807, 2.05) is 55.6 Å². The Morgan fingerprint density at radius 3 is 2.29 bits per heavy atom. The van der Waals surface area contributed by atoms with Gasteiger partial charge < -0.3 is 10.1 Å². The van der Waals surface area contributed by atoms with E-state index >= 15 is 0 Å². The average molecular weight is 491 g/mol. The van der Waals surface area contributed by atoms with E-state index in [4.69, 9.17) is 4.74 Å². The molecule has 5 nitrogen and oxygen atoms in total. The number of rotatable bonds is 8. The second kappa shape index (κ2) is 11.1. The maximum atomic E-state index is 14.0. The molecule has 0 aliphatic heterocycles. The monoisotopic (exact) mass is 490 g/mol. The fourth-order valence-electron chi connectivity index (χ4n) is 5.15. The smallest absolute Gasteiger partial charge is 0.248 e. The van der Waals surface area contributed by atoms with Crippen LogP contribution in [0.15, 0.2) is 53.9 Å². The van der Waals surface area contributed by atoms with Gasteiger partial charge in [0.25, 0.3) is 0 Å². The summed E-state index contributed by atoms with van der Waals surface area (Å²) in [4.78, 5) is 30.7. The number of nitrogens with one attached hydrogen (secondary N) is 1. The van der Waals surface area contributed by atoms with Crippen LogP contribution in [0.2, 0.25) is 0 Å². The van der Waals surface area contributed by atoms with Crippen LogP contribution < -0.4 is 15.0 Å². The molecule has 35 heavy (non-hydrogen) atoms. The SMILES string of the molecule is COc1ccc(C(C(=O)NC2CCCC2)N(C(=O)Cc2cccs2)c2c(C)cc(C)cc2C)cc1. The minimum atomic E-state index is -0.783. The highest BCUT2D eigenvalue weighted by Crippen LogP contribution is 2.36. The summed E-state index contributed by atoms with van der Waals surface area (Å²) in [6.07, 6.45) is 4.44. The molecule has 1 saturated carbocycles. The first-order chi connectivity index (χ1) is 16.9. The van der Waals surface area contributed by atoms with Crippen LogP contribution in [0, 0.1) is 20.8 Å². The third-order valence-electron chi connectivity index (χ3n) is 6.69. The number of amides is 2. The van der Waals surface area contributed by atoms with Gasteiger partial charge in [0.15, 0.2) is 0 Å². The number of thiophene rings is 1. The van der Waals surface area contributed by atoms with Crippen molar-refractivity contribution >= 4 is 28.8 Å². The third kappa shape index (κ3) is 5.76. The summed E-state index contributed by atoms with van der Waals surface area (Å²) in [7, 11) is 1.62. The first kappa shape index (κ1) is 25.0. The van der Waals surface area contributed by atoms with Crippen LogP contribution in [0.3, 0.4) is 0 Å². The molecule has 1 N–H and O–H groups in total. The predicted octanol–water partition coefficient (Wildman–Crippen LogP) is 6.06. The van der Waals surface area contributed by atoms with Gasteiger partial charge in [-0.15, -0.1) is 11.3 Å². The maximum Gasteiger partial charge on any atom is 0.248 e. The Kier molecular flexibility index (Phi) is 7.91. The second-order valence-electron chi connectivity index (χ2n) is 9.43. The highest BCUT2D eigenvalue weighted by Gasteiger charge is 2.35. The minimum Gasteiger partial charge on any atom is -0.497 e. The van der Waals surface area contributed by atoms with E-state index in [-0.39, 0.29) is 24.3 Å². The minimum absolute atomic E-state index is 0.0927. The number of benzene rings is 2. The molecular formula is C29H34N2O3S. The zero-order valence-electron chi connectivity index (χ0n) is 21.0. The summed E-state index contributed by atoms with van der Waals surface area (Å²) >= 11 is 1.56. The largest absolute Gasteiger partial charge is 0.497 e. The van der Waals surface area contributed by atoms with Crippen molar-refractivity contribution in [2.24, 2.45) is 0 Å². The van der Waals surface area contributed by atoms with Crippen molar-refractivity contribution in [3.63, 3.8) is 0 Å². The van der Waals surface area contributed by atoms with Crippen LogP contribution in [0.25, 0.3) is 0 Å². The highest BCUT2D eigenvalue weighted by molar-refractivity contribution is 7.10. The Bertz CT molecular complexity index is 1140. The molecule has 2 amide bonds. The summed E-state index contributed by atoms with van der Waals surface area (Å²) in [5.41, 5.74) is 4.66. The van der Waals surface area contributed by atoms with Crippen molar-refractivity contribution in [3.05, 3.63) is 81.0 Å². The summed E-state index contributed by atoms with van der Waals surface area (Å²) in [5.74, 6) is 0.480. The number of hydrogen-bond donors (Lipinski definition) is 1. The molecule has 1 aromatic heterocycles. The number of carbonyl (C=O) groups excluding carboxylic acids is 2. The summed E-state index contributed by atoms with van der Waals surface area (Å²) < 4.78 is 5.35. The van der Waals surface area contributed by atoms with Crippen molar-refractivity contribution in [2.75, 3.05) is 12.0 Å². The van der Waals surface area contributed by atoms with Crippen LogP contribution in [0.1, 0.15) is 58.9 Å². The molecule has 0 radical (unpaired) electrons. The second-order valence-corrected chi connectivity index (χ2v) is 10.5. The Labute approximate surface area is 212 Å². The molecule has 1 fully saturated rings. The van der Waals surface area contributed by atoms with E-state index in [1.54, 1.807) is 23.3 Å². The zero-order chi connectivity index (χ0) is 24.9. The maximum absolute atomic E-state index is 14.0. The van der Waals surface area contributed by atoms with Crippen LogP contribution >= 0.6 is 11.3 Å². The van der Waals surface area contributed by atoms with Crippen molar-refractivity contribution in [1.82, 2.24) is 5.32 Å². The predicted molar refractivity (Wildman–Crippen MR) is 142 cm³/mol. The van der Waals surface area contributed by atoms with Gasteiger partial charge in [0.2, 0.25) is 11.8 Å². The van der Waals surface area contributed by atoms with Crippen molar-refractivity contribution in [1.29, 1.82) is 0 Å². The standard InChI is InChI=1S/C29H34N2O3S/c1-19-16-20(2)27(21(3)17-19)31(26(32)18-25-10-7-15-35-25)28(22-11-13-24(34-4)14-12-22)29(33)30-23-8-5-6-9-23/h7,10-17,23,28H,5-6,8-9,18H2,1-4H3,(H,30,33). The van der Waals surface area contributed by atoms with E-state index in [1.165, 1.54) is 0 Å². The van der Waals surface area contributed by atoms with Gasteiger partial charge in [0.1, 0.15) is 11.8 Å². The summed E-state index contributed by atoms with van der Waals surface area (Å²) in [6.45, 7) is 6.08. The molecular weight excluding hydrogens is 456 g/mol. The van der Waals surface area contributed by atoms with E-state index in [2.05, 4.69) is 24.4 Å². The molecule has 1 unspecified atom stereocenters. The lowest BCUT2D eigenvalue weighted by atomic mass is 9.97. The molecule has 0 spiro atoms. The van der Waals surface area contributed by atoms with E-state index in [0.29, 0.717) is 5.75 Å². The molecule has 1 atom stereocenters. The van der Waals surface area contributed by atoms with Crippen molar-refractivity contribution in [2.45, 2.75) is 65.0 Å². The van der Waals surface area contributed by atoms with Crippen molar-refractivity contribution in [3.8, 4) is 5.75 Å². The lowest BCUT2D eigenvalue weighted by Crippen LogP contribution is -2.47. The average Bonchev–Trinajstić information content (AvgIpc) is 3.52. The van der Waals surface area contributed by atoms with Gasteiger partial charge in [-0.25, -0.2) is 0 Å². The number of ether oxygens (including phenoxy) is 1. The van der Waals surface area contributed by atoms with Gasteiger partial charge in [-0.2, -0.15) is 0 Å². The Morgan fingerprint density at radius 2 is 1.71 bits per heavy atom. The quantitative estimate of drug-likeness (QED) is 0.418. The van der Waals surface area contributed by atoms with Crippen LogP contribution in [0.4, 0.5) is 5.69 Å². The normalized spacial score (nSPS) is 14.5. The summed E-state index contributed by atoms with van der Waals surface area (Å²) in [6, 6.07) is 14.9. The number of anilines is 1. The van der Waals surface area contributed by atoms with Gasteiger partial charge in [-0.05, 0) is 73.9 Å². The fourth-order valence-corrected chi connectivity index (χ4v) is 5.85. The van der Waals surface area contributed by atoms with Gasteiger partial charge in [0.05, 0.1) is 19.2 Å². The molecule has 2 aromatic carbocycles. The Morgan fingerprint density at radius 1 is 1.06 bits per heavy atom. The molecule has 1 heterocycles. The highest BCUT2D eigenvalue weighted by atomic mass is 32.1. The van der Waals surface area contributed by atoms with Crippen LogP contribution in [-0.2, 0) is 16.0 Å². The van der Waals surface area contributed by atoms with E-state index in [0.717, 1.165) is 58.5 Å². The van der Waals surface area contributed by atoms with Crippen LogP contribution in [0.5, 0.6) is 5.75 Å². The number of aryl methyl sites for hydroxylation is 3. The number of hydrogen-bond acceptors (Lipinski definition) is 4. The molecule has 1 aliphatic rings. The first-order valence-electron chi connectivity index (χ1n) is 12.2. The van der Waals surface area contributed by atoms with Gasteiger partial charge in [-0.1, -0.05) is 48.7 Å². The van der Waals surface area contributed by atoms with Crippen molar-refractivity contribution < 1.29 is 14.3 Å². The topological polar surface area (TPSA) is 58.6 Å². The lowest BCUT2D eigenvalue weighted by molar-refractivity contribution is -0.127. The third-order valence-corrected chi connectivity index (χ3v) is 7.57. The molecule has 4 rings (SSSR count). The van der Waals surface area contributed by atoms with Gasteiger partial charge in [0, 0.05) is 10.9 Å². The fraction of sp³-hybridized carbons (Fsp3) is 0.379. The lowest BCUT2D eigenvalue weighted by Gasteiger charge is -2.34. The Hall–Kier alpha value is -3.12. The first-order valence-corrected chi connectivity index (χ1v) is 13.1. The molecule has 3 aromatic rings. The number of methoxy groups -OCH3 is 1. The van der Waals surface area contributed by atoms with Gasteiger partial charge >= 0.3 is 0 Å². The van der Waals surface area contributed by atoms with Crippen LogP contribution in [-0.4, -0.2) is 25.0 Å². The molecule has 0 saturated heterocycles. The molecule has 1 aliphatic carbocycles. The van der Waals surface area contributed by atoms with E-state index < -0.39 is 6.04 Å². The van der Waals surface area contributed by atoms with E-state index in [9.17, 15) is 9.59 Å². The summed E-state index contributed by atoms with van der Waals surface area (Å²) in [5, 5.41) is 5.23. The molecule has 6 heteroatoms. The zero-order valence-corrected chi connectivity index (χ0v) is 21.8. The molecule has 0 bridgehead atoms. The van der Waals surface area contributed by atoms with Gasteiger partial charge in [-0.3, -0.25) is 14.5 Å². The Balaban J connectivity index is 1.83. The number of nitrogens with zero attached hydrogens (tertiary/aromatic N) is 1. The molecule has 184 valence electrons. The number of carbonyl (C=O) groups is 2.